The molecule has 0 atom stereocenters. The van der Waals surface area contributed by atoms with Crippen LogP contribution in [0.4, 0.5) is 5.69 Å². The predicted molar refractivity (Wildman–Crippen MR) is 74.3 cm³/mol. The number of thiocarbonyl (C=S) groups is 1. The molecule has 0 bridgehead atoms. The van der Waals surface area contributed by atoms with Crippen LogP contribution in [0.1, 0.15) is 18.5 Å². The van der Waals surface area contributed by atoms with Crippen LogP contribution < -0.4 is 11.1 Å². The number of hydrogen-bond acceptors (Lipinski definition) is 4. The summed E-state index contributed by atoms with van der Waals surface area (Å²) in [5.41, 5.74) is 7.25. The quantitative estimate of drug-likeness (QED) is 0.770. The lowest BCUT2D eigenvalue weighted by atomic mass is 10.3. The summed E-state index contributed by atoms with van der Waals surface area (Å²) in [6.45, 7) is 4.50. The maximum Gasteiger partial charge on any atom is 0.122 e. The van der Waals surface area contributed by atoms with Crippen molar-refractivity contribution in [2.45, 2.75) is 12.8 Å². The molecule has 92 valence electrons. The molecule has 0 amide bonds. The van der Waals surface area contributed by atoms with Crippen LogP contribution >= 0.6 is 12.2 Å². The summed E-state index contributed by atoms with van der Waals surface area (Å²) in [6.07, 6.45) is 4.40. The highest BCUT2D eigenvalue weighted by atomic mass is 32.1. The molecule has 0 aliphatic carbocycles. The minimum absolute atomic E-state index is 0.341. The summed E-state index contributed by atoms with van der Waals surface area (Å²) in [4.78, 5) is 6.92. The fraction of sp³-hybridized carbons (Fsp3) is 0.500. The topological polar surface area (TPSA) is 54.2 Å². The molecular weight excluding hydrogens is 232 g/mol. The third-order valence-corrected chi connectivity index (χ3v) is 3.18. The molecule has 3 N–H and O–H groups in total. The van der Waals surface area contributed by atoms with Crippen molar-refractivity contribution in [3.8, 4) is 0 Å². The number of pyridine rings is 1. The molecule has 1 saturated heterocycles. The van der Waals surface area contributed by atoms with E-state index in [2.05, 4.69) is 15.2 Å². The van der Waals surface area contributed by atoms with Gasteiger partial charge in [-0.25, -0.2) is 0 Å². The first-order chi connectivity index (χ1) is 8.25. The fourth-order valence-corrected chi connectivity index (χ4v) is 2.15. The Bertz CT molecular complexity index is 388. The van der Waals surface area contributed by atoms with E-state index in [0.717, 1.165) is 18.8 Å². The smallest absolute Gasteiger partial charge is 0.122 e. The molecule has 1 aromatic heterocycles. The molecule has 0 radical (unpaired) electrons. The molecule has 1 aliphatic rings. The molecule has 0 aromatic carbocycles. The normalized spacial score (nSPS) is 16.0. The first-order valence-corrected chi connectivity index (χ1v) is 6.38. The lowest BCUT2D eigenvalue weighted by Gasteiger charge is -2.15. The number of rotatable bonds is 5. The average Bonchev–Trinajstić information content (AvgIpc) is 2.82. The molecule has 1 fully saturated rings. The Kier molecular flexibility index (Phi) is 4.28. The van der Waals surface area contributed by atoms with Crippen LogP contribution in [0, 0.1) is 0 Å². The lowest BCUT2D eigenvalue weighted by Crippen LogP contribution is -2.26. The van der Waals surface area contributed by atoms with Crippen LogP contribution in [-0.4, -0.2) is 41.1 Å². The van der Waals surface area contributed by atoms with Gasteiger partial charge in [-0.1, -0.05) is 12.2 Å². The Morgan fingerprint density at radius 1 is 1.47 bits per heavy atom. The summed E-state index contributed by atoms with van der Waals surface area (Å²) in [5.74, 6) is 0. The Hall–Kier alpha value is -1.20. The van der Waals surface area contributed by atoms with Crippen LogP contribution in [0.2, 0.25) is 0 Å². The summed E-state index contributed by atoms with van der Waals surface area (Å²) < 4.78 is 0. The highest BCUT2D eigenvalue weighted by molar-refractivity contribution is 7.80. The van der Waals surface area contributed by atoms with Crippen molar-refractivity contribution in [2.24, 2.45) is 5.73 Å². The highest BCUT2D eigenvalue weighted by Gasteiger charge is 2.10. The highest BCUT2D eigenvalue weighted by Crippen LogP contribution is 2.09. The molecule has 0 unspecified atom stereocenters. The average molecular weight is 250 g/mol. The second kappa shape index (κ2) is 5.93. The Morgan fingerprint density at radius 2 is 2.24 bits per heavy atom. The molecule has 2 rings (SSSR count). The Morgan fingerprint density at radius 3 is 2.94 bits per heavy atom. The van der Waals surface area contributed by atoms with Gasteiger partial charge in [-0.05, 0) is 38.1 Å². The monoisotopic (exact) mass is 250 g/mol. The van der Waals surface area contributed by atoms with E-state index in [1.807, 2.05) is 12.1 Å². The minimum atomic E-state index is 0.341. The zero-order valence-corrected chi connectivity index (χ0v) is 10.7. The second-order valence-electron chi connectivity index (χ2n) is 4.27. The van der Waals surface area contributed by atoms with Crippen molar-refractivity contribution in [1.82, 2.24) is 9.88 Å². The molecule has 17 heavy (non-hydrogen) atoms. The lowest BCUT2D eigenvalue weighted by molar-refractivity contribution is 0.352. The van der Waals surface area contributed by atoms with Crippen molar-refractivity contribution in [3.05, 3.63) is 24.0 Å². The Balaban J connectivity index is 1.81. The SMILES string of the molecule is NC(=S)c1cc(NCCN2CCCC2)ccn1. The Labute approximate surface area is 107 Å². The van der Waals surface area contributed by atoms with Crippen molar-refractivity contribution in [1.29, 1.82) is 0 Å². The van der Waals surface area contributed by atoms with Gasteiger partial charge < -0.3 is 16.0 Å². The molecule has 1 aromatic rings. The summed E-state index contributed by atoms with van der Waals surface area (Å²) >= 11 is 4.90. The zero-order valence-electron chi connectivity index (χ0n) is 9.85. The van der Waals surface area contributed by atoms with Gasteiger partial charge in [-0.2, -0.15) is 0 Å². The van der Waals surface area contributed by atoms with Gasteiger partial charge >= 0.3 is 0 Å². The van der Waals surface area contributed by atoms with Crippen molar-refractivity contribution >= 4 is 22.9 Å². The largest absolute Gasteiger partial charge is 0.388 e. The van der Waals surface area contributed by atoms with E-state index in [9.17, 15) is 0 Å². The van der Waals surface area contributed by atoms with E-state index < -0.39 is 0 Å². The van der Waals surface area contributed by atoms with Crippen molar-refractivity contribution < 1.29 is 0 Å². The van der Waals surface area contributed by atoms with Crippen LogP contribution in [0.15, 0.2) is 18.3 Å². The van der Waals surface area contributed by atoms with E-state index in [-0.39, 0.29) is 0 Å². The first kappa shape index (κ1) is 12.3. The number of aromatic nitrogens is 1. The summed E-state index contributed by atoms with van der Waals surface area (Å²) in [6, 6.07) is 3.83. The van der Waals surface area contributed by atoms with Gasteiger partial charge in [0.25, 0.3) is 0 Å². The number of anilines is 1. The molecular formula is C12H18N4S. The molecule has 1 aliphatic heterocycles. The zero-order chi connectivity index (χ0) is 12.1. The van der Waals surface area contributed by atoms with E-state index in [1.54, 1.807) is 6.20 Å². The van der Waals surface area contributed by atoms with E-state index in [4.69, 9.17) is 18.0 Å². The first-order valence-electron chi connectivity index (χ1n) is 5.98. The number of nitrogens with two attached hydrogens (primary N) is 1. The van der Waals surface area contributed by atoms with E-state index in [1.165, 1.54) is 25.9 Å². The third-order valence-electron chi connectivity index (χ3n) is 2.97. The molecule has 5 heteroatoms. The van der Waals surface area contributed by atoms with Crippen LogP contribution in [0.3, 0.4) is 0 Å². The van der Waals surface area contributed by atoms with Crippen LogP contribution in [-0.2, 0) is 0 Å². The van der Waals surface area contributed by atoms with Crippen LogP contribution in [0.5, 0.6) is 0 Å². The molecule has 4 nitrogen and oxygen atoms in total. The number of hydrogen-bond donors (Lipinski definition) is 2. The minimum Gasteiger partial charge on any atom is -0.388 e. The van der Waals surface area contributed by atoms with Gasteiger partial charge in [-0.3, -0.25) is 4.98 Å². The van der Waals surface area contributed by atoms with Gasteiger partial charge in [0, 0.05) is 25.0 Å². The van der Waals surface area contributed by atoms with E-state index >= 15 is 0 Å². The second-order valence-corrected chi connectivity index (χ2v) is 4.71. The van der Waals surface area contributed by atoms with Crippen molar-refractivity contribution in [3.63, 3.8) is 0 Å². The van der Waals surface area contributed by atoms with Gasteiger partial charge in [0.1, 0.15) is 4.99 Å². The summed E-state index contributed by atoms with van der Waals surface area (Å²) in [5, 5.41) is 3.37. The van der Waals surface area contributed by atoms with E-state index in [0.29, 0.717) is 10.7 Å². The number of nitrogens with one attached hydrogen (secondary N) is 1. The van der Waals surface area contributed by atoms with Gasteiger partial charge in [0.05, 0.1) is 5.69 Å². The predicted octanol–water partition coefficient (Wildman–Crippen LogP) is 1.22. The fourth-order valence-electron chi connectivity index (χ4n) is 2.04. The van der Waals surface area contributed by atoms with Gasteiger partial charge in [-0.15, -0.1) is 0 Å². The summed E-state index contributed by atoms with van der Waals surface area (Å²) in [7, 11) is 0. The molecule has 2 heterocycles. The molecule has 0 spiro atoms. The van der Waals surface area contributed by atoms with Gasteiger partial charge in [0.2, 0.25) is 0 Å². The standard InChI is InChI=1S/C12H18N4S/c13-12(17)11-9-10(3-4-15-11)14-5-8-16-6-1-2-7-16/h3-4,9H,1-2,5-8H2,(H2,13,17)(H,14,15). The number of likely N-dealkylation sites (tertiary alicyclic amines) is 1. The van der Waals surface area contributed by atoms with Crippen molar-refractivity contribution in [2.75, 3.05) is 31.5 Å². The van der Waals surface area contributed by atoms with Crippen LogP contribution in [0.25, 0.3) is 0 Å². The maximum absolute atomic E-state index is 5.54. The maximum atomic E-state index is 5.54. The third kappa shape index (κ3) is 3.64. The molecule has 0 saturated carbocycles. The number of nitrogens with zero attached hydrogens (tertiary/aromatic N) is 2. The van der Waals surface area contributed by atoms with Gasteiger partial charge in [0.15, 0.2) is 0 Å².